The highest BCUT2D eigenvalue weighted by Gasteiger charge is 2.12. The van der Waals surface area contributed by atoms with Gasteiger partial charge in [0, 0.05) is 26.8 Å². The van der Waals surface area contributed by atoms with Crippen LogP contribution in [0, 0.1) is 0 Å². The summed E-state index contributed by atoms with van der Waals surface area (Å²) in [5, 5.41) is 0. The molecule has 0 radical (unpaired) electrons. The molecule has 1 aromatic rings. The Bertz CT molecular complexity index is 379. The topological polar surface area (TPSA) is 38.8 Å². The van der Waals surface area contributed by atoms with Gasteiger partial charge in [0.05, 0.1) is 12.7 Å². The second kappa shape index (κ2) is 7.84. The van der Waals surface area contributed by atoms with E-state index in [4.69, 9.17) is 9.47 Å². The van der Waals surface area contributed by atoms with Crippen LogP contribution in [0.3, 0.4) is 0 Å². The number of hydrogen-bond acceptors (Lipinski definition) is 4. The lowest BCUT2D eigenvalue weighted by atomic mass is 10.1. The fraction of sp³-hybridized carbons (Fsp3) is 0.500. The van der Waals surface area contributed by atoms with Gasteiger partial charge in [0.15, 0.2) is 0 Å². The van der Waals surface area contributed by atoms with Gasteiger partial charge in [-0.3, -0.25) is 0 Å². The van der Waals surface area contributed by atoms with Gasteiger partial charge < -0.3 is 14.4 Å². The lowest BCUT2D eigenvalue weighted by Crippen LogP contribution is -2.21. The highest BCUT2D eigenvalue weighted by molar-refractivity contribution is 5.90. The summed E-state index contributed by atoms with van der Waals surface area (Å²) in [6.45, 7) is 2.42. The average Bonchev–Trinajstić information content (AvgIpc) is 2.39. The maximum absolute atomic E-state index is 11.6. The van der Waals surface area contributed by atoms with Crippen molar-refractivity contribution in [2.45, 2.75) is 13.0 Å². The van der Waals surface area contributed by atoms with Crippen molar-refractivity contribution >= 4 is 5.97 Å². The van der Waals surface area contributed by atoms with Gasteiger partial charge >= 0.3 is 5.97 Å². The van der Waals surface area contributed by atoms with Crippen molar-refractivity contribution in [2.24, 2.45) is 0 Å². The van der Waals surface area contributed by atoms with Crippen molar-refractivity contribution in [3.63, 3.8) is 0 Å². The van der Waals surface area contributed by atoms with Gasteiger partial charge in [-0.05, 0) is 25.1 Å². The van der Waals surface area contributed by atoms with Crippen LogP contribution in [0.15, 0.2) is 24.3 Å². The second-order valence-electron chi connectivity index (χ2n) is 4.23. The molecule has 0 N–H and O–H groups in total. The number of methoxy groups -OCH3 is 2. The zero-order valence-electron chi connectivity index (χ0n) is 11.3. The van der Waals surface area contributed by atoms with E-state index in [9.17, 15) is 4.79 Å². The van der Waals surface area contributed by atoms with E-state index in [1.807, 2.05) is 25.2 Å². The molecule has 0 fully saturated rings. The van der Waals surface area contributed by atoms with Crippen molar-refractivity contribution in [1.29, 1.82) is 0 Å². The first-order chi connectivity index (χ1) is 8.69. The first kappa shape index (κ1) is 14.7. The molecule has 100 valence electrons. The van der Waals surface area contributed by atoms with Gasteiger partial charge in [-0.15, -0.1) is 0 Å². The van der Waals surface area contributed by atoms with Crippen molar-refractivity contribution in [1.82, 2.24) is 4.90 Å². The summed E-state index contributed by atoms with van der Waals surface area (Å²) in [4.78, 5) is 13.8. The molecule has 0 spiro atoms. The first-order valence-electron chi connectivity index (χ1n) is 6.02. The van der Waals surface area contributed by atoms with Crippen LogP contribution in [0.25, 0.3) is 0 Å². The molecule has 0 aliphatic carbocycles. The number of esters is 1. The van der Waals surface area contributed by atoms with Crippen LogP contribution in [0.5, 0.6) is 0 Å². The Balaban J connectivity index is 2.63. The van der Waals surface area contributed by atoms with E-state index in [0.717, 1.165) is 31.7 Å². The van der Waals surface area contributed by atoms with Crippen molar-refractivity contribution in [3.8, 4) is 0 Å². The fourth-order valence-corrected chi connectivity index (χ4v) is 1.82. The summed E-state index contributed by atoms with van der Waals surface area (Å²) in [5.74, 6) is -0.282. The monoisotopic (exact) mass is 251 g/mol. The van der Waals surface area contributed by atoms with Gasteiger partial charge in [-0.25, -0.2) is 4.79 Å². The summed E-state index contributed by atoms with van der Waals surface area (Å²) < 4.78 is 9.80. The molecule has 0 amide bonds. The lowest BCUT2D eigenvalue weighted by Gasteiger charge is -2.18. The molecule has 0 heterocycles. The Labute approximate surface area is 108 Å². The van der Waals surface area contributed by atoms with E-state index in [0.29, 0.717) is 5.56 Å². The van der Waals surface area contributed by atoms with Crippen LogP contribution in [-0.2, 0) is 16.0 Å². The molecule has 0 atom stereocenters. The third-order valence-corrected chi connectivity index (χ3v) is 2.75. The Morgan fingerprint density at radius 2 is 2.00 bits per heavy atom. The van der Waals surface area contributed by atoms with Crippen LogP contribution < -0.4 is 0 Å². The van der Waals surface area contributed by atoms with Gasteiger partial charge in [0.25, 0.3) is 0 Å². The smallest absolute Gasteiger partial charge is 0.338 e. The summed E-state index contributed by atoms with van der Waals surface area (Å²) in [5.41, 5.74) is 1.63. The molecule has 0 aliphatic rings. The van der Waals surface area contributed by atoms with Crippen LogP contribution in [0.4, 0.5) is 0 Å². The Morgan fingerprint density at radius 1 is 1.28 bits per heavy atom. The zero-order chi connectivity index (χ0) is 13.4. The molecule has 1 rings (SSSR count). The minimum atomic E-state index is -0.282. The molecule has 0 aliphatic heterocycles. The van der Waals surface area contributed by atoms with E-state index in [1.54, 1.807) is 13.2 Å². The molecule has 0 unspecified atom stereocenters. The van der Waals surface area contributed by atoms with Gasteiger partial charge in [-0.1, -0.05) is 18.2 Å². The Morgan fingerprint density at radius 3 is 2.67 bits per heavy atom. The van der Waals surface area contributed by atoms with Gasteiger partial charge in [0.2, 0.25) is 0 Å². The van der Waals surface area contributed by atoms with Gasteiger partial charge in [0.1, 0.15) is 0 Å². The SMILES string of the molecule is COCCCN(C)Cc1ccccc1C(=O)OC. The number of carbonyl (C=O) groups excluding carboxylic acids is 1. The van der Waals surface area contributed by atoms with Crippen LogP contribution >= 0.6 is 0 Å². The standard InChI is InChI=1S/C14H21NO3/c1-15(9-6-10-17-2)11-12-7-4-5-8-13(12)14(16)18-3/h4-5,7-8H,6,9-11H2,1-3H3. The van der Waals surface area contributed by atoms with E-state index < -0.39 is 0 Å². The maximum Gasteiger partial charge on any atom is 0.338 e. The molecule has 4 nitrogen and oxygen atoms in total. The molecular weight excluding hydrogens is 230 g/mol. The highest BCUT2D eigenvalue weighted by atomic mass is 16.5. The Hall–Kier alpha value is -1.39. The third kappa shape index (κ3) is 4.47. The number of ether oxygens (including phenoxy) is 2. The molecule has 0 bridgehead atoms. The number of hydrogen-bond donors (Lipinski definition) is 0. The summed E-state index contributed by atoms with van der Waals surface area (Å²) in [6, 6.07) is 7.54. The van der Waals surface area contributed by atoms with Crippen molar-refractivity contribution in [3.05, 3.63) is 35.4 Å². The van der Waals surface area contributed by atoms with E-state index >= 15 is 0 Å². The highest BCUT2D eigenvalue weighted by Crippen LogP contribution is 2.12. The summed E-state index contributed by atoms with van der Waals surface area (Å²) in [6.07, 6.45) is 0.980. The van der Waals surface area contributed by atoms with E-state index in [1.165, 1.54) is 7.11 Å². The average molecular weight is 251 g/mol. The number of rotatable bonds is 7. The summed E-state index contributed by atoms with van der Waals surface area (Å²) >= 11 is 0. The predicted molar refractivity (Wildman–Crippen MR) is 70.6 cm³/mol. The summed E-state index contributed by atoms with van der Waals surface area (Å²) in [7, 11) is 5.14. The molecule has 0 saturated carbocycles. The number of nitrogens with zero attached hydrogens (tertiary/aromatic N) is 1. The molecular formula is C14H21NO3. The third-order valence-electron chi connectivity index (χ3n) is 2.75. The lowest BCUT2D eigenvalue weighted by molar-refractivity contribution is 0.0598. The minimum Gasteiger partial charge on any atom is -0.465 e. The first-order valence-corrected chi connectivity index (χ1v) is 6.02. The zero-order valence-corrected chi connectivity index (χ0v) is 11.3. The van der Waals surface area contributed by atoms with E-state index in [2.05, 4.69) is 4.90 Å². The Kier molecular flexibility index (Phi) is 6.39. The quantitative estimate of drug-likeness (QED) is 0.548. The van der Waals surface area contributed by atoms with Crippen LogP contribution in [0.1, 0.15) is 22.3 Å². The van der Waals surface area contributed by atoms with Crippen molar-refractivity contribution in [2.75, 3.05) is 34.4 Å². The molecule has 1 aromatic carbocycles. The molecule has 4 heteroatoms. The molecule has 18 heavy (non-hydrogen) atoms. The number of benzene rings is 1. The van der Waals surface area contributed by atoms with Crippen LogP contribution in [0.2, 0.25) is 0 Å². The number of carbonyl (C=O) groups is 1. The molecule has 0 aromatic heterocycles. The molecule has 0 saturated heterocycles. The van der Waals surface area contributed by atoms with Crippen molar-refractivity contribution < 1.29 is 14.3 Å². The predicted octanol–water partition coefficient (Wildman–Crippen LogP) is 1.94. The van der Waals surface area contributed by atoms with Crippen LogP contribution in [-0.4, -0.2) is 45.3 Å². The van der Waals surface area contributed by atoms with Gasteiger partial charge in [-0.2, -0.15) is 0 Å². The van der Waals surface area contributed by atoms with E-state index in [-0.39, 0.29) is 5.97 Å². The second-order valence-corrected chi connectivity index (χ2v) is 4.23. The minimum absolute atomic E-state index is 0.282. The normalized spacial score (nSPS) is 10.7. The fourth-order valence-electron chi connectivity index (χ4n) is 1.82. The maximum atomic E-state index is 11.6. The largest absolute Gasteiger partial charge is 0.465 e.